The van der Waals surface area contributed by atoms with E-state index in [1.807, 2.05) is 6.07 Å². The first-order valence-electron chi connectivity index (χ1n) is 20.6. The standard InChI is InChI=1S/C58H37NO/c1-2-11-39(12-3-1)50-19-10-20-53-56-35-43(28-34-57(56)60-58(50)53)38-23-29-45(30-24-38)59(47-33-27-41-22-21-40-13-4-6-15-48(40)55(41)37-47)46-31-25-42(26-32-46)54-36-44-14-5-7-16-49(44)51-17-8-9-18-52(51)54/h1-37H. The summed E-state index contributed by atoms with van der Waals surface area (Å²) in [6, 6.07) is 81.3. The van der Waals surface area contributed by atoms with Crippen molar-refractivity contribution in [3.05, 3.63) is 224 Å². The minimum absolute atomic E-state index is 0.892. The van der Waals surface area contributed by atoms with Gasteiger partial charge in [0.25, 0.3) is 0 Å². The van der Waals surface area contributed by atoms with Crippen molar-refractivity contribution >= 4 is 82.1 Å². The number of rotatable bonds is 6. The van der Waals surface area contributed by atoms with Gasteiger partial charge in [-0.05, 0) is 126 Å². The average molecular weight is 764 g/mol. The highest BCUT2D eigenvalue weighted by Crippen LogP contribution is 2.42. The highest BCUT2D eigenvalue weighted by Gasteiger charge is 2.17. The second-order valence-corrected chi connectivity index (χ2v) is 15.7. The van der Waals surface area contributed by atoms with Crippen LogP contribution < -0.4 is 4.90 Å². The van der Waals surface area contributed by atoms with Gasteiger partial charge < -0.3 is 9.32 Å². The van der Waals surface area contributed by atoms with Crippen LogP contribution in [-0.4, -0.2) is 0 Å². The molecule has 0 fully saturated rings. The zero-order chi connectivity index (χ0) is 39.6. The van der Waals surface area contributed by atoms with Crippen LogP contribution in [0.4, 0.5) is 17.1 Å². The summed E-state index contributed by atoms with van der Waals surface area (Å²) in [6.07, 6.45) is 0. The maximum absolute atomic E-state index is 6.50. The van der Waals surface area contributed by atoms with Crippen LogP contribution in [0.3, 0.4) is 0 Å². The van der Waals surface area contributed by atoms with E-state index in [2.05, 4.69) is 223 Å². The maximum atomic E-state index is 6.50. The van der Waals surface area contributed by atoms with Crippen LogP contribution in [0, 0.1) is 0 Å². The molecule has 2 heteroatoms. The Bertz CT molecular complexity index is 3580. The molecule has 0 spiro atoms. The molecule has 0 aliphatic carbocycles. The largest absolute Gasteiger partial charge is 0.455 e. The molecule has 1 heterocycles. The number of anilines is 3. The summed E-state index contributed by atoms with van der Waals surface area (Å²) in [5, 5.41) is 12.3. The van der Waals surface area contributed by atoms with Gasteiger partial charge >= 0.3 is 0 Å². The molecule has 12 rings (SSSR count). The molecule has 12 aromatic rings. The third kappa shape index (κ3) is 5.65. The molecule has 1 aromatic heterocycles. The molecule has 0 saturated carbocycles. The Morgan fingerprint density at radius 2 is 0.817 bits per heavy atom. The first-order valence-corrected chi connectivity index (χ1v) is 20.6. The predicted molar refractivity (Wildman–Crippen MR) is 255 cm³/mol. The first kappa shape index (κ1) is 34.1. The molecule has 2 nitrogen and oxygen atoms in total. The third-order valence-corrected chi connectivity index (χ3v) is 12.2. The third-order valence-electron chi connectivity index (χ3n) is 12.2. The fourth-order valence-electron chi connectivity index (χ4n) is 9.29. The highest BCUT2D eigenvalue weighted by atomic mass is 16.3. The summed E-state index contributed by atoms with van der Waals surface area (Å²) >= 11 is 0. The van der Waals surface area contributed by atoms with Gasteiger partial charge in [-0.3, -0.25) is 0 Å². The van der Waals surface area contributed by atoms with E-state index in [0.717, 1.165) is 61.3 Å². The van der Waals surface area contributed by atoms with Crippen molar-refractivity contribution in [1.29, 1.82) is 0 Å². The SMILES string of the molecule is c1ccc(-c2cccc3c2oc2ccc(-c4ccc(N(c5ccc(-c6cc7ccccc7c7ccccc67)cc5)c5ccc6ccc7ccccc7c6c5)cc4)cc23)cc1. The van der Waals surface area contributed by atoms with E-state index in [1.165, 1.54) is 54.2 Å². The van der Waals surface area contributed by atoms with Gasteiger partial charge in [0.1, 0.15) is 11.2 Å². The first-order chi connectivity index (χ1) is 29.7. The van der Waals surface area contributed by atoms with Gasteiger partial charge in [0.2, 0.25) is 0 Å². The fraction of sp³-hybridized carbons (Fsp3) is 0. The molecule has 0 saturated heterocycles. The topological polar surface area (TPSA) is 16.4 Å². The smallest absolute Gasteiger partial charge is 0.143 e. The summed E-state index contributed by atoms with van der Waals surface area (Å²) in [7, 11) is 0. The van der Waals surface area contributed by atoms with Crippen LogP contribution in [0.2, 0.25) is 0 Å². The molecular weight excluding hydrogens is 727 g/mol. The lowest BCUT2D eigenvalue weighted by Crippen LogP contribution is -2.10. The Morgan fingerprint density at radius 3 is 1.58 bits per heavy atom. The summed E-state index contributed by atoms with van der Waals surface area (Å²) in [4.78, 5) is 2.38. The Hall–Kier alpha value is -7.94. The van der Waals surface area contributed by atoms with Crippen molar-refractivity contribution in [3.8, 4) is 33.4 Å². The van der Waals surface area contributed by atoms with Crippen LogP contribution in [0.25, 0.3) is 98.4 Å². The normalized spacial score (nSPS) is 11.7. The van der Waals surface area contributed by atoms with E-state index < -0.39 is 0 Å². The number of furan rings is 1. The average Bonchev–Trinajstić information content (AvgIpc) is 3.70. The van der Waals surface area contributed by atoms with Crippen molar-refractivity contribution in [1.82, 2.24) is 0 Å². The van der Waals surface area contributed by atoms with Gasteiger partial charge in [0.15, 0.2) is 0 Å². The van der Waals surface area contributed by atoms with E-state index in [9.17, 15) is 0 Å². The van der Waals surface area contributed by atoms with Gasteiger partial charge in [0.05, 0.1) is 0 Å². The van der Waals surface area contributed by atoms with Crippen LogP contribution in [-0.2, 0) is 0 Å². The predicted octanol–water partition coefficient (Wildman–Crippen LogP) is 16.7. The lowest BCUT2D eigenvalue weighted by atomic mass is 9.93. The Kier molecular flexibility index (Phi) is 7.89. The van der Waals surface area contributed by atoms with Crippen molar-refractivity contribution in [2.75, 3.05) is 4.90 Å². The molecule has 0 atom stereocenters. The van der Waals surface area contributed by atoms with E-state index in [0.29, 0.717) is 0 Å². The Balaban J connectivity index is 0.967. The van der Waals surface area contributed by atoms with Gasteiger partial charge in [-0.1, -0.05) is 170 Å². The van der Waals surface area contributed by atoms with Gasteiger partial charge in [-0.2, -0.15) is 0 Å². The zero-order valence-corrected chi connectivity index (χ0v) is 32.7. The van der Waals surface area contributed by atoms with Crippen molar-refractivity contribution in [2.24, 2.45) is 0 Å². The van der Waals surface area contributed by atoms with Crippen LogP contribution in [0.15, 0.2) is 229 Å². The summed E-state index contributed by atoms with van der Waals surface area (Å²) in [6.45, 7) is 0. The molecule has 60 heavy (non-hydrogen) atoms. The molecule has 0 aliphatic rings. The van der Waals surface area contributed by atoms with E-state index >= 15 is 0 Å². The highest BCUT2D eigenvalue weighted by molar-refractivity contribution is 6.14. The van der Waals surface area contributed by atoms with E-state index in [4.69, 9.17) is 4.42 Å². The number of fused-ring (bicyclic) bond motifs is 9. The van der Waals surface area contributed by atoms with Gasteiger partial charge in [-0.25, -0.2) is 0 Å². The number of para-hydroxylation sites is 1. The van der Waals surface area contributed by atoms with Crippen LogP contribution >= 0.6 is 0 Å². The molecule has 280 valence electrons. The monoisotopic (exact) mass is 763 g/mol. The molecule has 0 N–H and O–H groups in total. The second kappa shape index (κ2) is 13.9. The quantitative estimate of drug-likeness (QED) is 0.157. The number of hydrogen-bond donors (Lipinski definition) is 0. The fourth-order valence-corrected chi connectivity index (χ4v) is 9.29. The van der Waals surface area contributed by atoms with Crippen molar-refractivity contribution < 1.29 is 4.42 Å². The molecule has 11 aromatic carbocycles. The minimum Gasteiger partial charge on any atom is -0.455 e. The molecule has 0 aliphatic heterocycles. The number of nitrogens with zero attached hydrogens (tertiary/aromatic N) is 1. The molecule has 0 unspecified atom stereocenters. The van der Waals surface area contributed by atoms with Crippen LogP contribution in [0.1, 0.15) is 0 Å². The summed E-state index contributed by atoms with van der Waals surface area (Å²) in [5.41, 5.74) is 12.1. The summed E-state index contributed by atoms with van der Waals surface area (Å²) < 4.78 is 6.50. The maximum Gasteiger partial charge on any atom is 0.143 e. The zero-order valence-electron chi connectivity index (χ0n) is 32.7. The van der Waals surface area contributed by atoms with Crippen LogP contribution in [0.5, 0.6) is 0 Å². The second-order valence-electron chi connectivity index (χ2n) is 15.7. The van der Waals surface area contributed by atoms with E-state index in [1.54, 1.807) is 0 Å². The number of hydrogen-bond acceptors (Lipinski definition) is 2. The van der Waals surface area contributed by atoms with Gasteiger partial charge in [0, 0.05) is 33.4 Å². The summed E-state index contributed by atoms with van der Waals surface area (Å²) in [5.74, 6) is 0. The van der Waals surface area contributed by atoms with Crippen molar-refractivity contribution in [2.45, 2.75) is 0 Å². The lowest BCUT2D eigenvalue weighted by molar-refractivity contribution is 0.670. The van der Waals surface area contributed by atoms with Crippen molar-refractivity contribution in [3.63, 3.8) is 0 Å². The molecule has 0 bridgehead atoms. The molecule has 0 amide bonds. The Labute approximate surface area is 347 Å². The molecule has 0 radical (unpaired) electrons. The minimum atomic E-state index is 0.892. The lowest BCUT2D eigenvalue weighted by Gasteiger charge is -2.26. The number of benzene rings is 11. The van der Waals surface area contributed by atoms with Gasteiger partial charge in [-0.15, -0.1) is 0 Å². The molecular formula is C58H37NO. The Morgan fingerprint density at radius 1 is 0.267 bits per heavy atom. The van der Waals surface area contributed by atoms with E-state index in [-0.39, 0.29) is 0 Å².